The van der Waals surface area contributed by atoms with Crippen molar-refractivity contribution in [3.63, 3.8) is 0 Å². The van der Waals surface area contributed by atoms with Gasteiger partial charge in [0.25, 0.3) is 0 Å². The second kappa shape index (κ2) is 16.6. The molecular weight excluding hydrogens is 927 g/mol. The van der Waals surface area contributed by atoms with Gasteiger partial charge in [-0.05, 0) is 90.0 Å². The average Bonchev–Trinajstić information content (AvgIpc) is 4.24. The van der Waals surface area contributed by atoms with Crippen LogP contribution in [0.1, 0.15) is 0 Å². The number of hydrogen-bond donors (Lipinski definition) is 0. The van der Waals surface area contributed by atoms with Crippen LogP contribution in [0.4, 0.5) is 0 Å². The fraction of sp³-hybridized carbons (Fsp3) is 0. The Kier molecular flexibility index (Phi) is 9.23. The first-order valence-electron chi connectivity index (χ1n) is 25.8. The molecule has 0 saturated heterocycles. The molecule has 354 valence electrons. The molecule has 0 spiro atoms. The van der Waals surface area contributed by atoms with Crippen LogP contribution in [0, 0.1) is 0 Å². The molecule has 0 amide bonds. The molecule has 0 fully saturated rings. The molecule has 16 rings (SSSR count). The lowest BCUT2D eigenvalue weighted by molar-refractivity contribution is 0.667. The lowest BCUT2D eigenvalue weighted by Crippen LogP contribution is -2.03. The molecule has 5 heterocycles. The van der Waals surface area contributed by atoms with Crippen LogP contribution in [0.3, 0.4) is 0 Å². The molecule has 6 heteroatoms. The topological polar surface area (TPSA) is 53.7 Å². The number of furan rings is 1. The smallest absolute Gasteiger partial charge is 0.180 e. The normalized spacial score (nSPS) is 11.9. The first kappa shape index (κ1) is 42.2. The Morgan fingerprint density at radius 3 is 1.37 bits per heavy atom. The number of para-hydroxylation sites is 5. The molecule has 0 saturated carbocycles. The third-order valence-corrected chi connectivity index (χ3v) is 15.4. The largest absolute Gasteiger partial charge is 0.452 e. The Morgan fingerprint density at radius 2 is 0.789 bits per heavy atom. The number of aromatic nitrogens is 5. The Bertz CT molecular complexity index is 4820. The van der Waals surface area contributed by atoms with Gasteiger partial charge in [0, 0.05) is 65.6 Å². The summed E-state index contributed by atoms with van der Waals surface area (Å²) in [6, 6.07) is 93.7. The van der Waals surface area contributed by atoms with E-state index >= 15 is 0 Å². The zero-order valence-corrected chi connectivity index (χ0v) is 41.0. The summed E-state index contributed by atoms with van der Waals surface area (Å²) in [4.78, 5) is 10.7. The molecule has 16 aromatic rings. The van der Waals surface area contributed by atoms with Gasteiger partial charge in [-0.15, -0.1) is 0 Å². The van der Waals surface area contributed by atoms with Gasteiger partial charge in [-0.2, -0.15) is 0 Å². The van der Waals surface area contributed by atoms with E-state index < -0.39 is 0 Å². The number of rotatable bonds is 7. The van der Waals surface area contributed by atoms with Crippen LogP contribution >= 0.6 is 0 Å². The van der Waals surface area contributed by atoms with Crippen molar-refractivity contribution in [2.24, 2.45) is 0 Å². The summed E-state index contributed by atoms with van der Waals surface area (Å²) in [6.07, 6.45) is 0. The molecule has 0 aliphatic rings. The van der Waals surface area contributed by atoms with Crippen molar-refractivity contribution in [1.29, 1.82) is 0 Å². The number of nitrogens with zero attached hydrogens (tertiary/aromatic N) is 5. The van der Waals surface area contributed by atoms with Crippen LogP contribution < -0.4 is 0 Å². The minimum Gasteiger partial charge on any atom is -0.452 e. The summed E-state index contributed by atoms with van der Waals surface area (Å²) in [5, 5.41) is 8.14. The van der Waals surface area contributed by atoms with E-state index in [-0.39, 0.29) is 0 Å². The lowest BCUT2D eigenvalue weighted by atomic mass is 9.91. The molecule has 0 unspecified atom stereocenters. The highest BCUT2D eigenvalue weighted by Gasteiger charge is 2.27. The molecule has 5 aromatic heterocycles. The van der Waals surface area contributed by atoms with Crippen molar-refractivity contribution >= 4 is 87.5 Å². The molecule has 76 heavy (non-hydrogen) atoms. The van der Waals surface area contributed by atoms with Gasteiger partial charge >= 0.3 is 0 Å². The quantitative estimate of drug-likeness (QED) is 0.160. The fourth-order valence-corrected chi connectivity index (χ4v) is 12.2. The highest BCUT2D eigenvalue weighted by Crippen LogP contribution is 2.48. The summed E-state index contributed by atoms with van der Waals surface area (Å²) in [5.74, 6) is 0.639. The van der Waals surface area contributed by atoms with Crippen molar-refractivity contribution in [3.05, 3.63) is 261 Å². The zero-order chi connectivity index (χ0) is 49.8. The van der Waals surface area contributed by atoms with E-state index in [0.29, 0.717) is 11.4 Å². The van der Waals surface area contributed by atoms with Crippen LogP contribution in [-0.2, 0) is 0 Å². The van der Waals surface area contributed by atoms with Crippen molar-refractivity contribution in [1.82, 2.24) is 23.7 Å². The Hall–Kier alpha value is -10.3. The van der Waals surface area contributed by atoms with E-state index in [1.165, 1.54) is 32.6 Å². The van der Waals surface area contributed by atoms with Crippen molar-refractivity contribution in [3.8, 4) is 62.0 Å². The molecule has 0 atom stereocenters. The van der Waals surface area contributed by atoms with Crippen LogP contribution in [0.5, 0.6) is 0 Å². The van der Waals surface area contributed by atoms with Crippen molar-refractivity contribution in [2.75, 3.05) is 0 Å². The molecule has 0 aliphatic carbocycles. The number of benzene rings is 11. The van der Waals surface area contributed by atoms with Gasteiger partial charge in [0.2, 0.25) is 0 Å². The van der Waals surface area contributed by atoms with E-state index in [2.05, 4.69) is 238 Å². The molecular formula is C70H43N5O. The summed E-state index contributed by atoms with van der Waals surface area (Å²) in [6.45, 7) is 0. The van der Waals surface area contributed by atoms with Crippen LogP contribution in [0.25, 0.3) is 149 Å². The molecule has 0 N–H and O–H groups in total. The Labute approximate surface area is 436 Å². The highest BCUT2D eigenvalue weighted by molar-refractivity contribution is 6.18. The first-order valence-corrected chi connectivity index (χ1v) is 25.8. The first-order chi connectivity index (χ1) is 37.7. The highest BCUT2D eigenvalue weighted by atomic mass is 16.3. The molecule has 6 nitrogen and oxygen atoms in total. The molecule has 11 aromatic carbocycles. The van der Waals surface area contributed by atoms with Gasteiger partial charge in [-0.25, -0.2) is 9.97 Å². The maximum Gasteiger partial charge on any atom is 0.180 e. The zero-order valence-electron chi connectivity index (χ0n) is 41.0. The summed E-state index contributed by atoms with van der Waals surface area (Å²) < 4.78 is 14.2. The van der Waals surface area contributed by atoms with E-state index in [1.807, 2.05) is 36.4 Å². The number of hydrogen-bond acceptors (Lipinski definition) is 3. The third kappa shape index (κ3) is 6.28. The van der Waals surface area contributed by atoms with Crippen molar-refractivity contribution < 1.29 is 4.42 Å². The summed E-state index contributed by atoms with van der Waals surface area (Å²) in [5.41, 5.74) is 19.1. The third-order valence-electron chi connectivity index (χ3n) is 15.4. The minimum absolute atomic E-state index is 0.639. The lowest BCUT2D eigenvalue weighted by Gasteiger charge is -2.21. The Morgan fingerprint density at radius 1 is 0.316 bits per heavy atom. The second-order valence-electron chi connectivity index (χ2n) is 19.6. The minimum atomic E-state index is 0.639. The maximum atomic E-state index is 6.81. The molecule has 0 aliphatic heterocycles. The Balaban J connectivity index is 1.06. The predicted molar refractivity (Wildman–Crippen MR) is 314 cm³/mol. The second-order valence-corrected chi connectivity index (χ2v) is 19.6. The van der Waals surface area contributed by atoms with Gasteiger partial charge in [-0.3, -0.25) is 0 Å². The summed E-state index contributed by atoms with van der Waals surface area (Å²) >= 11 is 0. The summed E-state index contributed by atoms with van der Waals surface area (Å²) in [7, 11) is 0. The van der Waals surface area contributed by atoms with Crippen molar-refractivity contribution in [2.45, 2.75) is 0 Å². The van der Waals surface area contributed by atoms with Gasteiger partial charge < -0.3 is 18.1 Å². The van der Waals surface area contributed by atoms with E-state index in [4.69, 9.17) is 14.4 Å². The average molecular weight is 970 g/mol. The predicted octanol–water partition coefficient (Wildman–Crippen LogP) is 18.3. The van der Waals surface area contributed by atoms with Crippen LogP contribution in [0.2, 0.25) is 0 Å². The maximum absolute atomic E-state index is 6.81. The van der Waals surface area contributed by atoms with Gasteiger partial charge in [-0.1, -0.05) is 182 Å². The van der Waals surface area contributed by atoms with Gasteiger partial charge in [0.1, 0.15) is 16.8 Å². The molecule has 0 bridgehead atoms. The monoisotopic (exact) mass is 969 g/mol. The molecule has 0 radical (unpaired) electrons. The SMILES string of the molecule is c1ccc(-c2nc(-c3cc(-c4ccccc4)c(-n4c5ccc(-n6c7ccccc7c7ccccc76)cc5c5c(-n6c7ccccc7c7ccccc76)cccc54)c(-c4ccccc4)c3)c3oc4ccccc4c3n2)cc1. The van der Waals surface area contributed by atoms with Gasteiger partial charge in [0.05, 0.1) is 44.5 Å². The standard InChI is InChI=1S/C70H43N5O/c1-4-21-44(22-5-1)54-41-47(66-69-67(53-31-14-19-38-64(53)76-69)72-70(71-66)46-25-8-3-9-26-46)42-55(45-23-6-2-7-24-45)68(54)75-61-40-39-48(73-57-32-15-10-27-49(57)50-28-11-16-33-58(50)73)43-56(61)65-62(36-20-37-63(65)75)74-59-34-17-12-29-51(59)52-30-13-18-35-60(52)74/h1-43H. The van der Waals surface area contributed by atoms with E-state index in [1.54, 1.807) is 0 Å². The van der Waals surface area contributed by atoms with E-state index in [0.717, 1.165) is 105 Å². The number of fused-ring (bicyclic) bond motifs is 12. The van der Waals surface area contributed by atoms with Crippen LogP contribution in [-0.4, -0.2) is 23.7 Å². The van der Waals surface area contributed by atoms with E-state index in [9.17, 15) is 0 Å². The van der Waals surface area contributed by atoms with Crippen LogP contribution in [0.15, 0.2) is 265 Å². The fourth-order valence-electron chi connectivity index (χ4n) is 12.2. The van der Waals surface area contributed by atoms with Gasteiger partial charge in [0.15, 0.2) is 11.4 Å².